The maximum atomic E-state index is 12.6. The number of rotatable bonds is 7. The Bertz CT molecular complexity index is 721. The zero-order chi connectivity index (χ0) is 17.6. The molecular formula is C15H17F2N5OS2. The van der Waals surface area contributed by atoms with Gasteiger partial charge in [0.05, 0.1) is 17.5 Å². The van der Waals surface area contributed by atoms with Crippen LogP contribution in [-0.4, -0.2) is 37.6 Å². The predicted octanol–water partition coefficient (Wildman–Crippen LogP) is 3.83. The number of nitrogens with zero attached hydrogens (tertiary/aromatic N) is 4. The summed E-state index contributed by atoms with van der Waals surface area (Å²) in [4.78, 5) is 12.5. The Labute approximate surface area is 152 Å². The third kappa shape index (κ3) is 4.91. The first-order chi connectivity index (χ1) is 12.1. The molecule has 0 atom stereocenters. The molecule has 1 aliphatic rings. The van der Waals surface area contributed by atoms with Gasteiger partial charge in [0.25, 0.3) is 5.76 Å². The van der Waals surface area contributed by atoms with E-state index in [4.69, 9.17) is 0 Å². The van der Waals surface area contributed by atoms with E-state index in [-0.39, 0.29) is 11.7 Å². The monoisotopic (exact) mass is 385 g/mol. The first-order valence-corrected chi connectivity index (χ1v) is 9.74. The molecule has 1 amide bonds. The molecule has 1 N–H and O–H groups in total. The molecule has 25 heavy (non-hydrogen) atoms. The number of carbonyl (C=O) groups is 1. The van der Waals surface area contributed by atoms with Crippen LogP contribution in [0.1, 0.15) is 31.7 Å². The van der Waals surface area contributed by atoms with E-state index < -0.39 is 5.76 Å². The molecule has 1 saturated carbocycles. The molecule has 1 aromatic heterocycles. The molecule has 0 saturated heterocycles. The molecular weight excluding hydrogens is 368 g/mol. The number of nitrogens with one attached hydrogen (secondary N) is 1. The van der Waals surface area contributed by atoms with Crippen molar-refractivity contribution in [2.75, 3.05) is 11.1 Å². The second-order valence-corrected chi connectivity index (χ2v) is 7.53. The van der Waals surface area contributed by atoms with Crippen LogP contribution in [0.4, 0.5) is 14.5 Å². The molecule has 1 fully saturated rings. The first-order valence-electron chi connectivity index (χ1n) is 7.88. The van der Waals surface area contributed by atoms with Crippen LogP contribution in [0, 0.1) is 0 Å². The van der Waals surface area contributed by atoms with Crippen molar-refractivity contribution in [2.24, 2.45) is 0 Å². The van der Waals surface area contributed by atoms with Gasteiger partial charge < -0.3 is 5.32 Å². The number of para-hydroxylation sites is 1. The summed E-state index contributed by atoms with van der Waals surface area (Å²) in [6, 6.07) is 6.81. The Balaban J connectivity index is 1.58. The number of tetrazole rings is 1. The van der Waals surface area contributed by atoms with E-state index in [1.165, 1.54) is 11.8 Å². The van der Waals surface area contributed by atoms with Crippen molar-refractivity contribution in [2.45, 2.75) is 47.5 Å². The second kappa shape index (κ2) is 8.61. The van der Waals surface area contributed by atoms with Gasteiger partial charge in [-0.1, -0.05) is 48.5 Å². The number of aromatic nitrogens is 4. The molecule has 134 valence electrons. The summed E-state index contributed by atoms with van der Waals surface area (Å²) in [7, 11) is 0. The minimum absolute atomic E-state index is 0.112. The van der Waals surface area contributed by atoms with Gasteiger partial charge in [0, 0.05) is 4.90 Å². The van der Waals surface area contributed by atoms with Gasteiger partial charge in [-0.2, -0.15) is 8.78 Å². The molecule has 1 aliphatic carbocycles. The van der Waals surface area contributed by atoms with Gasteiger partial charge in [0.2, 0.25) is 11.1 Å². The second-order valence-electron chi connectivity index (χ2n) is 5.56. The number of carbonyl (C=O) groups excluding carboxylic acids is 1. The van der Waals surface area contributed by atoms with Gasteiger partial charge >= 0.3 is 0 Å². The molecule has 0 aliphatic heterocycles. The smallest absolute Gasteiger partial charge is 0.288 e. The van der Waals surface area contributed by atoms with Crippen LogP contribution in [0.5, 0.6) is 0 Å². The topological polar surface area (TPSA) is 72.7 Å². The number of alkyl halides is 2. The Kier molecular flexibility index (Phi) is 6.24. The number of amides is 1. The van der Waals surface area contributed by atoms with E-state index in [1.807, 2.05) is 0 Å². The zero-order valence-electron chi connectivity index (χ0n) is 13.3. The van der Waals surface area contributed by atoms with Gasteiger partial charge in [0.1, 0.15) is 0 Å². The predicted molar refractivity (Wildman–Crippen MR) is 93.0 cm³/mol. The minimum Gasteiger partial charge on any atom is -0.324 e. The summed E-state index contributed by atoms with van der Waals surface area (Å²) in [5.41, 5.74) is 0.383. The van der Waals surface area contributed by atoms with E-state index in [0.717, 1.165) is 25.7 Å². The van der Waals surface area contributed by atoms with Crippen LogP contribution in [-0.2, 0) is 4.79 Å². The average molecular weight is 385 g/mol. The lowest BCUT2D eigenvalue weighted by Crippen LogP contribution is -2.16. The van der Waals surface area contributed by atoms with Gasteiger partial charge in [-0.15, -0.1) is 5.10 Å². The lowest BCUT2D eigenvalue weighted by Gasteiger charge is -2.12. The third-order valence-corrected chi connectivity index (χ3v) is 5.56. The fourth-order valence-electron chi connectivity index (χ4n) is 2.74. The minimum atomic E-state index is -2.54. The van der Waals surface area contributed by atoms with Crippen LogP contribution in [0.3, 0.4) is 0 Å². The highest BCUT2D eigenvalue weighted by atomic mass is 32.2. The standard InChI is InChI=1S/C15H17F2N5OS2/c16-14(17)25-12-8-4-3-7-11(12)18-13(23)9-24-15-19-20-21-22(15)10-5-1-2-6-10/h3-4,7-8,10,14H,1-2,5-6,9H2,(H,18,23). The summed E-state index contributed by atoms with van der Waals surface area (Å²) < 4.78 is 27.0. The largest absolute Gasteiger partial charge is 0.324 e. The number of hydrogen-bond donors (Lipinski definition) is 1. The Hall–Kier alpha value is -1.68. The molecule has 10 heteroatoms. The molecule has 0 radical (unpaired) electrons. The van der Waals surface area contributed by atoms with Crippen molar-refractivity contribution < 1.29 is 13.6 Å². The summed E-state index contributed by atoms with van der Waals surface area (Å²) in [5.74, 6) is -2.71. The summed E-state index contributed by atoms with van der Waals surface area (Å²) >= 11 is 1.66. The van der Waals surface area contributed by atoms with Crippen molar-refractivity contribution in [1.82, 2.24) is 20.2 Å². The average Bonchev–Trinajstić information content (AvgIpc) is 3.25. The third-order valence-electron chi connectivity index (χ3n) is 3.84. The van der Waals surface area contributed by atoms with E-state index >= 15 is 0 Å². The maximum absolute atomic E-state index is 12.6. The maximum Gasteiger partial charge on any atom is 0.288 e. The quantitative estimate of drug-likeness (QED) is 0.730. The number of thioether (sulfide) groups is 2. The SMILES string of the molecule is O=C(CSc1nnnn1C1CCCC1)Nc1ccccc1SC(F)F. The van der Waals surface area contributed by atoms with Gasteiger partial charge in [-0.25, -0.2) is 4.68 Å². The van der Waals surface area contributed by atoms with Crippen molar-refractivity contribution >= 4 is 35.1 Å². The van der Waals surface area contributed by atoms with Crippen molar-refractivity contribution in [3.63, 3.8) is 0 Å². The van der Waals surface area contributed by atoms with E-state index in [0.29, 0.717) is 33.5 Å². The Morgan fingerprint density at radius 3 is 2.84 bits per heavy atom. The normalized spacial score (nSPS) is 15.0. The lowest BCUT2D eigenvalue weighted by molar-refractivity contribution is -0.113. The van der Waals surface area contributed by atoms with Gasteiger partial charge in [0.15, 0.2) is 0 Å². The van der Waals surface area contributed by atoms with Crippen LogP contribution < -0.4 is 5.32 Å². The van der Waals surface area contributed by atoms with Crippen LogP contribution in [0.25, 0.3) is 0 Å². The molecule has 0 unspecified atom stereocenters. The summed E-state index contributed by atoms with van der Waals surface area (Å²) in [6.07, 6.45) is 4.41. The number of hydrogen-bond acceptors (Lipinski definition) is 6. The molecule has 0 bridgehead atoms. The highest BCUT2D eigenvalue weighted by molar-refractivity contribution is 8.00. The summed E-state index contributed by atoms with van der Waals surface area (Å²) in [6.45, 7) is 0. The summed E-state index contributed by atoms with van der Waals surface area (Å²) in [5, 5.41) is 15.0. The lowest BCUT2D eigenvalue weighted by atomic mass is 10.3. The molecule has 3 rings (SSSR count). The zero-order valence-corrected chi connectivity index (χ0v) is 14.9. The van der Waals surface area contributed by atoms with Gasteiger partial charge in [-0.3, -0.25) is 4.79 Å². The number of anilines is 1. The van der Waals surface area contributed by atoms with Crippen LogP contribution in [0.2, 0.25) is 0 Å². The highest BCUT2D eigenvalue weighted by Gasteiger charge is 2.22. The van der Waals surface area contributed by atoms with Crippen molar-refractivity contribution in [1.29, 1.82) is 0 Å². The Morgan fingerprint density at radius 2 is 2.08 bits per heavy atom. The molecule has 0 spiro atoms. The molecule has 2 aromatic rings. The van der Waals surface area contributed by atoms with E-state index in [2.05, 4.69) is 20.8 Å². The first kappa shape index (κ1) is 18.1. The van der Waals surface area contributed by atoms with Crippen molar-refractivity contribution in [3.05, 3.63) is 24.3 Å². The van der Waals surface area contributed by atoms with E-state index in [1.54, 1.807) is 28.9 Å². The molecule has 6 nitrogen and oxygen atoms in total. The van der Waals surface area contributed by atoms with E-state index in [9.17, 15) is 13.6 Å². The fourth-order valence-corrected chi connectivity index (χ4v) is 4.08. The van der Waals surface area contributed by atoms with Crippen LogP contribution >= 0.6 is 23.5 Å². The molecule has 1 aromatic carbocycles. The van der Waals surface area contributed by atoms with Gasteiger partial charge in [-0.05, 0) is 35.4 Å². The number of benzene rings is 1. The Morgan fingerprint density at radius 1 is 1.32 bits per heavy atom. The number of halogens is 2. The fraction of sp³-hybridized carbons (Fsp3) is 0.467. The van der Waals surface area contributed by atoms with Crippen LogP contribution in [0.15, 0.2) is 34.3 Å². The highest BCUT2D eigenvalue weighted by Crippen LogP contribution is 2.33. The van der Waals surface area contributed by atoms with Crippen molar-refractivity contribution in [3.8, 4) is 0 Å². The molecule has 1 heterocycles.